The zero-order chi connectivity index (χ0) is 11.5. The maximum absolute atomic E-state index is 4.08. The van der Waals surface area contributed by atoms with Gasteiger partial charge in [0.25, 0.3) is 0 Å². The number of hydrogen-bond donors (Lipinski definition) is 1. The van der Waals surface area contributed by atoms with Crippen molar-refractivity contribution in [2.75, 3.05) is 13.1 Å². The molecule has 2 aliphatic rings. The fourth-order valence-corrected chi connectivity index (χ4v) is 3.15. The number of H-pyrrole nitrogens is 1. The Labute approximate surface area is 103 Å². The van der Waals surface area contributed by atoms with Gasteiger partial charge in [-0.2, -0.15) is 5.10 Å². The van der Waals surface area contributed by atoms with Crippen LogP contribution in [0.5, 0.6) is 0 Å². The van der Waals surface area contributed by atoms with Crippen molar-refractivity contribution >= 4 is 0 Å². The van der Waals surface area contributed by atoms with Crippen molar-refractivity contribution in [3.8, 4) is 0 Å². The molecule has 1 N–H and O–H groups in total. The Kier molecular flexibility index (Phi) is 3.27. The number of aromatic amines is 1. The van der Waals surface area contributed by atoms with E-state index >= 15 is 0 Å². The molecule has 0 radical (unpaired) electrons. The predicted octanol–water partition coefficient (Wildman–Crippen LogP) is 2.70. The predicted molar refractivity (Wildman–Crippen MR) is 68.9 cm³/mol. The zero-order valence-electron chi connectivity index (χ0n) is 10.3. The molecule has 17 heavy (non-hydrogen) atoms. The Hall–Kier alpha value is -1.09. The van der Waals surface area contributed by atoms with Gasteiger partial charge >= 0.3 is 0 Å². The number of allylic oxidation sites excluding steroid dienone is 1. The molecule has 2 unspecified atom stereocenters. The SMILES string of the molecule is C1=CC(N2CCCC(c3ccn[nH]3)C2)CCC1. The third kappa shape index (κ3) is 2.44. The molecule has 0 bridgehead atoms. The first-order valence-corrected chi connectivity index (χ1v) is 6.83. The van der Waals surface area contributed by atoms with E-state index in [2.05, 4.69) is 33.3 Å². The number of nitrogens with zero attached hydrogens (tertiary/aromatic N) is 2. The van der Waals surface area contributed by atoms with E-state index in [-0.39, 0.29) is 0 Å². The average molecular weight is 231 g/mol. The number of piperidine rings is 1. The zero-order valence-corrected chi connectivity index (χ0v) is 10.3. The summed E-state index contributed by atoms with van der Waals surface area (Å²) < 4.78 is 0. The Morgan fingerprint density at radius 1 is 1.29 bits per heavy atom. The molecule has 0 spiro atoms. The molecule has 0 aromatic carbocycles. The lowest BCUT2D eigenvalue weighted by atomic mass is 9.92. The monoisotopic (exact) mass is 231 g/mol. The van der Waals surface area contributed by atoms with E-state index in [0.717, 1.165) is 0 Å². The van der Waals surface area contributed by atoms with Gasteiger partial charge in [0.15, 0.2) is 0 Å². The van der Waals surface area contributed by atoms with Crippen LogP contribution in [0, 0.1) is 0 Å². The van der Waals surface area contributed by atoms with Gasteiger partial charge in [0.2, 0.25) is 0 Å². The molecule has 1 saturated heterocycles. The van der Waals surface area contributed by atoms with Gasteiger partial charge < -0.3 is 0 Å². The normalized spacial score (nSPS) is 30.6. The highest BCUT2D eigenvalue weighted by atomic mass is 15.2. The second kappa shape index (κ2) is 5.05. The molecule has 92 valence electrons. The summed E-state index contributed by atoms with van der Waals surface area (Å²) in [5.74, 6) is 0.654. The van der Waals surface area contributed by atoms with Crippen molar-refractivity contribution in [1.82, 2.24) is 15.1 Å². The van der Waals surface area contributed by atoms with Crippen LogP contribution in [0.25, 0.3) is 0 Å². The van der Waals surface area contributed by atoms with E-state index < -0.39 is 0 Å². The molecular formula is C14H21N3. The summed E-state index contributed by atoms with van der Waals surface area (Å²) in [4.78, 5) is 2.66. The van der Waals surface area contributed by atoms with Crippen molar-refractivity contribution < 1.29 is 0 Å². The van der Waals surface area contributed by atoms with Crippen molar-refractivity contribution in [3.63, 3.8) is 0 Å². The van der Waals surface area contributed by atoms with Gasteiger partial charge in [0, 0.05) is 30.4 Å². The summed E-state index contributed by atoms with van der Waals surface area (Å²) in [5, 5.41) is 7.21. The second-order valence-electron chi connectivity index (χ2n) is 5.27. The molecule has 3 rings (SSSR count). The molecule has 0 saturated carbocycles. The summed E-state index contributed by atoms with van der Waals surface area (Å²) in [5.41, 5.74) is 1.31. The van der Waals surface area contributed by atoms with Crippen LogP contribution in [0.2, 0.25) is 0 Å². The first kappa shape index (κ1) is 11.0. The third-order valence-corrected chi connectivity index (χ3v) is 4.11. The van der Waals surface area contributed by atoms with Gasteiger partial charge in [0.05, 0.1) is 0 Å². The molecule has 1 aromatic heterocycles. The molecule has 1 aromatic rings. The van der Waals surface area contributed by atoms with Crippen LogP contribution in [-0.2, 0) is 0 Å². The van der Waals surface area contributed by atoms with Crippen LogP contribution in [0.1, 0.15) is 43.7 Å². The van der Waals surface area contributed by atoms with Crippen molar-refractivity contribution in [2.24, 2.45) is 0 Å². The van der Waals surface area contributed by atoms with Gasteiger partial charge in [-0.25, -0.2) is 0 Å². The highest BCUT2D eigenvalue weighted by Crippen LogP contribution is 2.28. The van der Waals surface area contributed by atoms with Crippen LogP contribution in [-0.4, -0.2) is 34.2 Å². The smallest absolute Gasteiger partial charge is 0.0490 e. The van der Waals surface area contributed by atoms with Gasteiger partial charge in [-0.05, 0) is 44.7 Å². The van der Waals surface area contributed by atoms with E-state index in [1.165, 1.54) is 50.9 Å². The Bertz CT molecular complexity index is 369. The van der Waals surface area contributed by atoms with E-state index in [1.54, 1.807) is 0 Å². The molecule has 0 amide bonds. The van der Waals surface area contributed by atoms with Gasteiger partial charge in [0.1, 0.15) is 0 Å². The lowest BCUT2D eigenvalue weighted by Gasteiger charge is -2.37. The van der Waals surface area contributed by atoms with Crippen molar-refractivity contribution in [2.45, 2.75) is 44.1 Å². The fourth-order valence-electron chi connectivity index (χ4n) is 3.15. The van der Waals surface area contributed by atoms with Gasteiger partial charge in [-0.1, -0.05) is 12.2 Å². The van der Waals surface area contributed by atoms with E-state index in [0.29, 0.717) is 12.0 Å². The minimum Gasteiger partial charge on any atom is -0.296 e. The molecule has 1 aliphatic heterocycles. The molecule has 2 atom stereocenters. The molecule has 1 fully saturated rings. The number of aromatic nitrogens is 2. The van der Waals surface area contributed by atoms with E-state index in [9.17, 15) is 0 Å². The number of hydrogen-bond acceptors (Lipinski definition) is 2. The highest BCUT2D eigenvalue weighted by molar-refractivity contribution is 5.09. The van der Waals surface area contributed by atoms with Crippen molar-refractivity contribution in [3.05, 3.63) is 30.1 Å². The third-order valence-electron chi connectivity index (χ3n) is 4.11. The van der Waals surface area contributed by atoms with Crippen LogP contribution < -0.4 is 0 Å². The molecule has 3 heteroatoms. The summed E-state index contributed by atoms with van der Waals surface area (Å²) in [6, 6.07) is 2.82. The molecular weight excluding hydrogens is 210 g/mol. The highest BCUT2D eigenvalue weighted by Gasteiger charge is 2.26. The fraction of sp³-hybridized carbons (Fsp3) is 0.643. The molecule has 3 nitrogen and oxygen atoms in total. The molecule has 1 aliphatic carbocycles. The average Bonchev–Trinajstić information content (AvgIpc) is 2.94. The lowest BCUT2D eigenvalue weighted by molar-refractivity contribution is 0.161. The largest absolute Gasteiger partial charge is 0.296 e. The second-order valence-corrected chi connectivity index (χ2v) is 5.27. The Balaban J connectivity index is 1.67. The van der Waals surface area contributed by atoms with E-state index in [4.69, 9.17) is 0 Å². The maximum Gasteiger partial charge on any atom is 0.0490 e. The van der Waals surface area contributed by atoms with Crippen LogP contribution in [0.4, 0.5) is 0 Å². The summed E-state index contributed by atoms with van der Waals surface area (Å²) >= 11 is 0. The minimum absolute atomic E-state index is 0.654. The minimum atomic E-state index is 0.654. The number of rotatable bonds is 2. The topological polar surface area (TPSA) is 31.9 Å². The summed E-state index contributed by atoms with van der Waals surface area (Å²) in [6.07, 6.45) is 13.2. The standard InChI is InChI=1S/C14H21N3/c1-2-6-13(7-3-1)17-10-4-5-12(11-17)14-8-9-15-16-14/h2,6,8-9,12-13H,1,3-5,7,10-11H2,(H,15,16). The van der Waals surface area contributed by atoms with E-state index in [1.807, 2.05) is 6.20 Å². The summed E-state index contributed by atoms with van der Waals surface area (Å²) in [7, 11) is 0. The van der Waals surface area contributed by atoms with Gasteiger partial charge in [-0.15, -0.1) is 0 Å². The Morgan fingerprint density at radius 3 is 3.06 bits per heavy atom. The van der Waals surface area contributed by atoms with Crippen LogP contribution >= 0.6 is 0 Å². The quantitative estimate of drug-likeness (QED) is 0.794. The number of nitrogens with one attached hydrogen (secondary N) is 1. The maximum atomic E-state index is 4.08. The number of likely N-dealkylation sites (tertiary alicyclic amines) is 1. The summed E-state index contributed by atoms with van der Waals surface area (Å²) in [6.45, 7) is 2.46. The first-order chi connectivity index (χ1) is 8.43. The van der Waals surface area contributed by atoms with Gasteiger partial charge in [-0.3, -0.25) is 10.00 Å². The van der Waals surface area contributed by atoms with Crippen LogP contribution in [0.15, 0.2) is 24.4 Å². The molecule has 2 heterocycles. The Morgan fingerprint density at radius 2 is 2.29 bits per heavy atom. The lowest BCUT2D eigenvalue weighted by Crippen LogP contribution is -2.41. The van der Waals surface area contributed by atoms with Crippen molar-refractivity contribution in [1.29, 1.82) is 0 Å². The first-order valence-electron chi connectivity index (χ1n) is 6.83. The van der Waals surface area contributed by atoms with Crippen LogP contribution in [0.3, 0.4) is 0 Å².